The molecule has 2 rings (SSSR count). The summed E-state index contributed by atoms with van der Waals surface area (Å²) in [6.07, 6.45) is 1.57. The maximum absolute atomic E-state index is 11.9. The second-order valence-electron chi connectivity index (χ2n) is 6.19. The van der Waals surface area contributed by atoms with Gasteiger partial charge in [-0.2, -0.15) is 5.10 Å². The molecule has 2 amide bonds. The lowest BCUT2D eigenvalue weighted by Gasteiger charge is -2.10. The molecule has 0 bridgehead atoms. The van der Waals surface area contributed by atoms with Crippen LogP contribution >= 0.6 is 0 Å². The van der Waals surface area contributed by atoms with E-state index in [4.69, 9.17) is 14.6 Å². The normalized spacial score (nSPS) is 10.5. The molecule has 0 saturated heterocycles. The van der Waals surface area contributed by atoms with E-state index in [9.17, 15) is 14.4 Å². The number of carbonyl (C=O) groups is 3. The van der Waals surface area contributed by atoms with E-state index in [1.807, 2.05) is 12.1 Å². The highest BCUT2D eigenvalue weighted by Gasteiger charge is 2.09. The smallest absolute Gasteiger partial charge is 0.335 e. The van der Waals surface area contributed by atoms with Crippen molar-refractivity contribution in [3.05, 3.63) is 59.2 Å². The Labute approximate surface area is 173 Å². The number of carboxylic acids is 1. The molecule has 0 fully saturated rings. The molecule has 0 aliphatic carbocycles. The number of benzene rings is 2. The van der Waals surface area contributed by atoms with Gasteiger partial charge in [0.2, 0.25) is 11.8 Å². The third kappa shape index (κ3) is 6.93. The van der Waals surface area contributed by atoms with Crippen LogP contribution in [-0.2, 0) is 16.0 Å². The number of hydrogen-bond donors (Lipinski definition) is 3. The van der Waals surface area contributed by atoms with Crippen LogP contribution in [-0.4, -0.2) is 49.9 Å². The first-order chi connectivity index (χ1) is 14.4. The van der Waals surface area contributed by atoms with Crippen LogP contribution in [0.3, 0.4) is 0 Å². The fourth-order valence-corrected chi connectivity index (χ4v) is 2.52. The van der Waals surface area contributed by atoms with Crippen molar-refractivity contribution in [3.63, 3.8) is 0 Å². The standard InChI is InChI=1S/C21H23N3O6/c1-29-17-8-5-14(11-18(17)30-2)9-10-22-19(25)12-20(26)24-23-13-15-3-6-16(7-4-15)21(27)28/h3-8,11,13H,9-10,12H2,1-2H3,(H,22,25)(H,24,26)(H,27,28)/b23-13-. The number of hydrazone groups is 1. The number of rotatable bonds is 10. The lowest BCUT2D eigenvalue weighted by Crippen LogP contribution is -2.31. The lowest BCUT2D eigenvalue weighted by molar-refractivity contribution is -0.129. The van der Waals surface area contributed by atoms with E-state index in [2.05, 4.69) is 15.8 Å². The van der Waals surface area contributed by atoms with Crippen LogP contribution in [0.4, 0.5) is 0 Å². The number of carboxylic acid groups (broad SMARTS) is 1. The van der Waals surface area contributed by atoms with E-state index in [1.54, 1.807) is 32.4 Å². The Kier molecular flexibility index (Phi) is 8.37. The largest absolute Gasteiger partial charge is 0.493 e. The van der Waals surface area contributed by atoms with Gasteiger partial charge in [-0.05, 0) is 41.8 Å². The number of amides is 2. The minimum Gasteiger partial charge on any atom is -0.493 e. The maximum Gasteiger partial charge on any atom is 0.335 e. The molecule has 2 aromatic carbocycles. The molecule has 0 aromatic heterocycles. The SMILES string of the molecule is COc1ccc(CCNC(=O)CC(=O)N/N=C\c2ccc(C(=O)O)cc2)cc1OC. The van der Waals surface area contributed by atoms with E-state index < -0.39 is 17.8 Å². The monoisotopic (exact) mass is 413 g/mol. The molecule has 0 unspecified atom stereocenters. The van der Waals surface area contributed by atoms with E-state index in [0.717, 1.165) is 5.56 Å². The summed E-state index contributed by atoms with van der Waals surface area (Å²) in [6.45, 7) is 0.362. The van der Waals surface area contributed by atoms with Gasteiger partial charge in [0.15, 0.2) is 11.5 Å². The Hall–Kier alpha value is -3.88. The number of nitrogens with zero attached hydrogens (tertiary/aromatic N) is 1. The fourth-order valence-electron chi connectivity index (χ4n) is 2.52. The van der Waals surface area contributed by atoms with E-state index in [0.29, 0.717) is 30.0 Å². The van der Waals surface area contributed by atoms with Gasteiger partial charge >= 0.3 is 5.97 Å². The zero-order valence-corrected chi connectivity index (χ0v) is 16.7. The number of nitrogens with one attached hydrogen (secondary N) is 2. The van der Waals surface area contributed by atoms with Crippen molar-refractivity contribution in [2.75, 3.05) is 20.8 Å². The van der Waals surface area contributed by atoms with Crippen molar-refractivity contribution in [3.8, 4) is 11.5 Å². The Bertz CT molecular complexity index is 925. The highest BCUT2D eigenvalue weighted by atomic mass is 16.5. The summed E-state index contributed by atoms with van der Waals surface area (Å²) in [5, 5.41) is 15.3. The van der Waals surface area contributed by atoms with Crippen LogP contribution in [0.25, 0.3) is 0 Å². The van der Waals surface area contributed by atoms with Gasteiger partial charge in [0.05, 0.1) is 26.0 Å². The van der Waals surface area contributed by atoms with Gasteiger partial charge in [-0.1, -0.05) is 18.2 Å². The Morgan fingerprint density at radius 3 is 2.33 bits per heavy atom. The van der Waals surface area contributed by atoms with Gasteiger partial charge in [-0.25, -0.2) is 10.2 Å². The van der Waals surface area contributed by atoms with Crippen LogP contribution in [0.2, 0.25) is 0 Å². The highest BCUT2D eigenvalue weighted by molar-refractivity contribution is 5.97. The molecule has 0 heterocycles. The van der Waals surface area contributed by atoms with Crippen LogP contribution in [0, 0.1) is 0 Å². The molecule has 0 spiro atoms. The van der Waals surface area contributed by atoms with Crippen LogP contribution in [0.5, 0.6) is 11.5 Å². The Balaban J connectivity index is 1.73. The first-order valence-corrected chi connectivity index (χ1v) is 9.05. The molecule has 158 valence electrons. The molecule has 30 heavy (non-hydrogen) atoms. The predicted molar refractivity (Wildman–Crippen MR) is 110 cm³/mol. The predicted octanol–water partition coefficient (Wildman–Crippen LogP) is 1.60. The van der Waals surface area contributed by atoms with Gasteiger partial charge in [-0.3, -0.25) is 9.59 Å². The summed E-state index contributed by atoms with van der Waals surface area (Å²) in [7, 11) is 3.11. The van der Waals surface area contributed by atoms with E-state index >= 15 is 0 Å². The molecule has 9 nitrogen and oxygen atoms in total. The molecule has 0 aliphatic rings. The lowest BCUT2D eigenvalue weighted by atomic mass is 10.1. The van der Waals surface area contributed by atoms with Crippen molar-refractivity contribution in [2.24, 2.45) is 5.10 Å². The first-order valence-electron chi connectivity index (χ1n) is 9.05. The number of methoxy groups -OCH3 is 2. The molecule has 0 aliphatic heterocycles. The molecular formula is C21H23N3O6. The number of aromatic carboxylic acids is 1. The summed E-state index contributed by atoms with van der Waals surface area (Å²) >= 11 is 0. The van der Waals surface area contributed by atoms with Gasteiger partial charge in [-0.15, -0.1) is 0 Å². The van der Waals surface area contributed by atoms with Crippen molar-refractivity contribution in [2.45, 2.75) is 12.8 Å². The van der Waals surface area contributed by atoms with Crippen LogP contribution < -0.4 is 20.2 Å². The summed E-state index contributed by atoms with van der Waals surface area (Å²) in [6, 6.07) is 11.5. The summed E-state index contributed by atoms with van der Waals surface area (Å²) in [5.74, 6) is -0.772. The fraction of sp³-hybridized carbons (Fsp3) is 0.238. The van der Waals surface area contributed by atoms with Gasteiger partial charge < -0.3 is 19.9 Å². The van der Waals surface area contributed by atoms with Crippen molar-refractivity contribution in [1.82, 2.24) is 10.7 Å². The van der Waals surface area contributed by atoms with E-state index in [1.165, 1.54) is 18.3 Å². The van der Waals surface area contributed by atoms with Gasteiger partial charge in [0, 0.05) is 6.54 Å². The summed E-state index contributed by atoms with van der Waals surface area (Å²) in [5.41, 5.74) is 3.98. The minimum absolute atomic E-state index is 0.154. The van der Waals surface area contributed by atoms with Crippen LogP contribution in [0.1, 0.15) is 27.9 Å². The molecular weight excluding hydrogens is 390 g/mol. The van der Waals surface area contributed by atoms with Crippen molar-refractivity contribution in [1.29, 1.82) is 0 Å². The third-order valence-electron chi connectivity index (χ3n) is 4.07. The molecule has 0 radical (unpaired) electrons. The molecule has 9 heteroatoms. The second kappa shape index (κ2) is 11.2. The second-order valence-corrected chi connectivity index (χ2v) is 6.19. The zero-order chi connectivity index (χ0) is 21.9. The number of hydrogen-bond acceptors (Lipinski definition) is 6. The Morgan fingerprint density at radius 2 is 1.70 bits per heavy atom. The topological polar surface area (TPSA) is 126 Å². The quantitative estimate of drug-likeness (QED) is 0.309. The molecule has 3 N–H and O–H groups in total. The third-order valence-corrected chi connectivity index (χ3v) is 4.07. The van der Waals surface area contributed by atoms with Crippen molar-refractivity contribution < 1.29 is 29.0 Å². The molecule has 0 atom stereocenters. The Morgan fingerprint density at radius 1 is 1.00 bits per heavy atom. The van der Waals surface area contributed by atoms with E-state index in [-0.39, 0.29) is 12.0 Å². The zero-order valence-electron chi connectivity index (χ0n) is 16.7. The minimum atomic E-state index is -1.02. The average Bonchev–Trinajstić information content (AvgIpc) is 2.73. The average molecular weight is 413 g/mol. The first kappa shape index (κ1) is 22.4. The van der Waals surface area contributed by atoms with Crippen molar-refractivity contribution >= 4 is 24.0 Å². The molecule has 0 saturated carbocycles. The number of ether oxygens (including phenoxy) is 2. The number of carbonyl (C=O) groups excluding carboxylic acids is 2. The van der Waals surface area contributed by atoms with Gasteiger partial charge in [0.1, 0.15) is 6.42 Å². The van der Waals surface area contributed by atoms with Gasteiger partial charge in [0.25, 0.3) is 0 Å². The summed E-state index contributed by atoms with van der Waals surface area (Å²) in [4.78, 5) is 34.4. The highest BCUT2D eigenvalue weighted by Crippen LogP contribution is 2.27. The van der Waals surface area contributed by atoms with Crippen LogP contribution in [0.15, 0.2) is 47.6 Å². The molecule has 2 aromatic rings. The summed E-state index contributed by atoms with van der Waals surface area (Å²) < 4.78 is 10.4. The maximum atomic E-state index is 11.9.